The Labute approximate surface area is 174 Å². The number of carbonyl (C=O) groups is 1. The number of rotatable bonds is 8. The molecule has 0 bridgehead atoms. The number of hydrogen-bond donors (Lipinski definition) is 1. The van der Waals surface area contributed by atoms with E-state index in [-0.39, 0.29) is 5.91 Å². The van der Waals surface area contributed by atoms with Crippen molar-refractivity contribution in [3.63, 3.8) is 0 Å². The number of amides is 1. The van der Waals surface area contributed by atoms with E-state index in [1.54, 1.807) is 6.20 Å². The number of imidazole rings is 1. The molecular formula is C23H34N4O2. The average molecular weight is 399 g/mol. The summed E-state index contributed by atoms with van der Waals surface area (Å²) in [5.41, 5.74) is 1.09. The minimum absolute atomic E-state index is 0.151. The fraction of sp³-hybridized carbons (Fsp3) is 0.565. The molecule has 0 aliphatic carbocycles. The molecular weight excluding hydrogens is 364 g/mol. The number of aliphatic hydroxyl groups is 1. The topological polar surface area (TPSA) is 61.6 Å². The van der Waals surface area contributed by atoms with Crippen LogP contribution in [0.15, 0.2) is 36.7 Å². The first-order valence-corrected chi connectivity index (χ1v) is 10.6. The van der Waals surface area contributed by atoms with E-state index in [1.807, 2.05) is 30.0 Å². The van der Waals surface area contributed by atoms with Gasteiger partial charge in [0.05, 0.1) is 0 Å². The molecule has 3 rings (SSSR count). The molecule has 158 valence electrons. The van der Waals surface area contributed by atoms with Crippen LogP contribution in [-0.4, -0.2) is 62.6 Å². The molecule has 2 aromatic rings. The molecule has 1 aromatic heterocycles. The molecule has 1 saturated heterocycles. The molecule has 0 saturated carbocycles. The fourth-order valence-electron chi connectivity index (χ4n) is 4.04. The van der Waals surface area contributed by atoms with Crippen molar-refractivity contribution >= 4 is 5.91 Å². The predicted molar refractivity (Wildman–Crippen MR) is 115 cm³/mol. The molecule has 6 nitrogen and oxygen atoms in total. The number of hydrogen-bond acceptors (Lipinski definition) is 4. The average Bonchev–Trinajstić information content (AvgIpc) is 3.09. The van der Waals surface area contributed by atoms with Crippen LogP contribution < -0.4 is 0 Å². The van der Waals surface area contributed by atoms with Gasteiger partial charge in [-0.05, 0) is 43.9 Å². The van der Waals surface area contributed by atoms with Crippen LogP contribution in [-0.2, 0) is 17.9 Å². The lowest BCUT2D eigenvalue weighted by molar-refractivity contribution is -0.159. The highest BCUT2D eigenvalue weighted by Crippen LogP contribution is 2.25. The van der Waals surface area contributed by atoms with Crippen LogP contribution in [0.4, 0.5) is 0 Å². The van der Waals surface area contributed by atoms with Gasteiger partial charge in [-0.3, -0.25) is 4.79 Å². The normalized spacial score (nSPS) is 20.1. The van der Waals surface area contributed by atoms with Gasteiger partial charge in [-0.15, -0.1) is 0 Å². The van der Waals surface area contributed by atoms with E-state index in [4.69, 9.17) is 0 Å². The molecule has 1 aliphatic rings. The van der Waals surface area contributed by atoms with Crippen LogP contribution in [0.25, 0.3) is 0 Å². The van der Waals surface area contributed by atoms with Crippen molar-refractivity contribution in [2.24, 2.45) is 0 Å². The standard InChI is InChI=1S/C23H34N4O2/c1-18(2)21-8-6-20(7-9-21)16-27-12-5-10-23(29,22(27)28)17-25(4)14-15-26-13-11-24-19(26)3/h6-9,11,13,18,29H,5,10,12,14-17H2,1-4H3/t23-/m0/s1. The third-order valence-corrected chi connectivity index (χ3v) is 5.90. The van der Waals surface area contributed by atoms with Gasteiger partial charge in [-0.1, -0.05) is 38.1 Å². The van der Waals surface area contributed by atoms with Gasteiger partial charge in [-0.25, -0.2) is 4.98 Å². The summed E-state index contributed by atoms with van der Waals surface area (Å²) < 4.78 is 2.08. The van der Waals surface area contributed by atoms with E-state index >= 15 is 0 Å². The van der Waals surface area contributed by atoms with Gasteiger partial charge in [0.1, 0.15) is 5.82 Å². The molecule has 0 spiro atoms. The Bertz CT molecular complexity index is 815. The lowest BCUT2D eigenvalue weighted by Gasteiger charge is -2.40. The zero-order chi connectivity index (χ0) is 21.0. The lowest BCUT2D eigenvalue weighted by Crippen LogP contribution is -2.58. The number of aryl methyl sites for hydroxylation is 1. The maximum absolute atomic E-state index is 13.1. The summed E-state index contributed by atoms with van der Waals surface area (Å²) in [7, 11) is 1.96. The first kappa shape index (κ1) is 21.5. The maximum atomic E-state index is 13.1. The third-order valence-electron chi connectivity index (χ3n) is 5.90. The smallest absolute Gasteiger partial charge is 0.256 e. The lowest BCUT2D eigenvalue weighted by atomic mass is 9.90. The van der Waals surface area contributed by atoms with Crippen LogP contribution in [0.3, 0.4) is 0 Å². The number of likely N-dealkylation sites (N-methyl/N-ethyl adjacent to an activating group) is 1. The number of benzene rings is 1. The summed E-state index contributed by atoms with van der Waals surface area (Å²) in [6.45, 7) is 9.47. The highest BCUT2D eigenvalue weighted by molar-refractivity contribution is 5.86. The van der Waals surface area contributed by atoms with Gasteiger partial charge < -0.3 is 19.5 Å². The number of aromatic nitrogens is 2. The van der Waals surface area contributed by atoms with E-state index in [1.165, 1.54) is 5.56 Å². The van der Waals surface area contributed by atoms with Crippen LogP contribution in [0, 0.1) is 6.92 Å². The molecule has 1 fully saturated rings. The van der Waals surface area contributed by atoms with Crippen molar-refractivity contribution in [2.75, 3.05) is 26.7 Å². The molecule has 1 amide bonds. The van der Waals surface area contributed by atoms with Gasteiger partial charge >= 0.3 is 0 Å². The zero-order valence-electron chi connectivity index (χ0n) is 18.1. The predicted octanol–water partition coefficient (Wildman–Crippen LogP) is 2.80. The van der Waals surface area contributed by atoms with Crippen molar-refractivity contribution in [3.05, 3.63) is 53.6 Å². The Morgan fingerprint density at radius 1 is 1.28 bits per heavy atom. The molecule has 2 heterocycles. The van der Waals surface area contributed by atoms with E-state index in [9.17, 15) is 9.90 Å². The Morgan fingerprint density at radius 3 is 2.62 bits per heavy atom. The number of nitrogens with zero attached hydrogens (tertiary/aromatic N) is 4. The number of piperidine rings is 1. The van der Waals surface area contributed by atoms with E-state index in [2.05, 4.69) is 47.7 Å². The maximum Gasteiger partial charge on any atom is 0.256 e. The summed E-state index contributed by atoms with van der Waals surface area (Å²) in [6.07, 6.45) is 5.08. The molecule has 1 aromatic carbocycles. The van der Waals surface area contributed by atoms with Gasteiger partial charge in [-0.2, -0.15) is 0 Å². The summed E-state index contributed by atoms with van der Waals surface area (Å²) in [4.78, 5) is 21.2. The number of carbonyl (C=O) groups excluding carboxylic acids is 1. The molecule has 6 heteroatoms. The fourth-order valence-corrected chi connectivity index (χ4v) is 4.04. The number of likely N-dealkylation sites (tertiary alicyclic amines) is 1. The van der Waals surface area contributed by atoms with Crippen LogP contribution >= 0.6 is 0 Å². The second-order valence-electron chi connectivity index (χ2n) is 8.66. The van der Waals surface area contributed by atoms with Gasteiger partial charge in [0, 0.05) is 45.1 Å². The highest BCUT2D eigenvalue weighted by Gasteiger charge is 2.42. The Kier molecular flexibility index (Phi) is 6.75. The van der Waals surface area contributed by atoms with Crippen LogP contribution in [0.5, 0.6) is 0 Å². The first-order valence-electron chi connectivity index (χ1n) is 10.6. The Morgan fingerprint density at radius 2 is 2.00 bits per heavy atom. The molecule has 1 N–H and O–H groups in total. The summed E-state index contributed by atoms with van der Waals surface area (Å²) in [5.74, 6) is 1.32. The second-order valence-corrected chi connectivity index (χ2v) is 8.66. The third kappa shape index (κ3) is 5.25. The van der Waals surface area contributed by atoms with Crippen molar-refractivity contribution in [1.29, 1.82) is 0 Å². The zero-order valence-corrected chi connectivity index (χ0v) is 18.1. The highest BCUT2D eigenvalue weighted by atomic mass is 16.3. The monoisotopic (exact) mass is 398 g/mol. The summed E-state index contributed by atoms with van der Waals surface area (Å²) in [5, 5.41) is 11.1. The quantitative estimate of drug-likeness (QED) is 0.743. The molecule has 1 atom stereocenters. The molecule has 29 heavy (non-hydrogen) atoms. The van der Waals surface area contributed by atoms with Crippen molar-refractivity contribution in [3.8, 4) is 0 Å². The Hall–Kier alpha value is -2.18. The minimum atomic E-state index is -1.31. The summed E-state index contributed by atoms with van der Waals surface area (Å²) in [6, 6.07) is 8.45. The van der Waals surface area contributed by atoms with E-state index in [0.29, 0.717) is 32.0 Å². The van der Waals surface area contributed by atoms with Crippen molar-refractivity contribution < 1.29 is 9.90 Å². The largest absolute Gasteiger partial charge is 0.379 e. The minimum Gasteiger partial charge on any atom is -0.379 e. The van der Waals surface area contributed by atoms with Gasteiger partial charge in [0.15, 0.2) is 5.60 Å². The van der Waals surface area contributed by atoms with Crippen LogP contribution in [0.1, 0.15) is 49.6 Å². The van der Waals surface area contributed by atoms with Crippen molar-refractivity contribution in [2.45, 2.75) is 58.2 Å². The second kappa shape index (κ2) is 9.09. The molecule has 0 unspecified atom stereocenters. The first-order chi connectivity index (χ1) is 13.8. The van der Waals surface area contributed by atoms with Crippen LogP contribution in [0.2, 0.25) is 0 Å². The molecule has 0 radical (unpaired) electrons. The van der Waals surface area contributed by atoms with Crippen molar-refractivity contribution in [1.82, 2.24) is 19.4 Å². The summed E-state index contributed by atoms with van der Waals surface area (Å²) >= 11 is 0. The van der Waals surface area contributed by atoms with E-state index < -0.39 is 5.60 Å². The Balaban J connectivity index is 1.58. The molecule has 1 aliphatic heterocycles. The van der Waals surface area contributed by atoms with Gasteiger partial charge in [0.2, 0.25) is 0 Å². The SMILES string of the molecule is Cc1nccn1CCN(C)C[C@@]1(O)CCCN(Cc2ccc(C(C)C)cc2)C1=O. The van der Waals surface area contributed by atoms with Gasteiger partial charge in [0.25, 0.3) is 5.91 Å². The van der Waals surface area contributed by atoms with E-state index in [0.717, 1.165) is 30.9 Å².